The van der Waals surface area contributed by atoms with E-state index in [0.29, 0.717) is 18.9 Å². The number of nitrogens with zero attached hydrogens (tertiary/aromatic N) is 1. The maximum absolute atomic E-state index is 13.4. The first-order chi connectivity index (χ1) is 11.2. The number of benzene rings is 2. The van der Waals surface area contributed by atoms with Gasteiger partial charge < -0.3 is 9.64 Å². The van der Waals surface area contributed by atoms with Gasteiger partial charge in [0.25, 0.3) is 0 Å². The standard InChI is InChI=1S/C18H18FNO2S/c1-2-22-16-8-4-6-14(10-16)18-20(17(21)12-23-18)11-13-5-3-7-15(19)9-13/h3-10,18H,2,11-12H2,1H3. The summed E-state index contributed by atoms with van der Waals surface area (Å²) < 4.78 is 18.9. The number of carbonyl (C=O) groups is 1. The smallest absolute Gasteiger partial charge is 0.234 e. The van der Waals surface area contributed by atoms with E-state index in [2.05, 4.69) is 0 Å². The fourth-order valence-corrected chi connectivity index (χ4v) is 3.84. The lowest BCUT2D eigenvalue weighted by atomic mass is 10.1. The Morgan fingerprint density at radius 1 is 1.26 bits per heavy atom. The first-order valence-electron chi connectivity index (χ1n) is 7.55. The summed E-state index contributed by atoms with van der Waals surface area (Å²) in [5.74, 6) is 1.04. The Bertz CT molecular complexity index is 707. The number of hydrogen-bond acceptors (Lipinski definition) is 3. The molecule has 1 fully saturated rings. The number of ether oxygens (including phenoxy) is 1. The highest BCUT2D eigenvalue weighted by molar-refractivity contribution is 8.00. The van der Waals surface area contributed by atoms with Crippen molar-refractivity contribution >= 4 is 17.7 Å². The van der Waals surface area contributed by atoms with Crippen LogP contribution in [0.3, 0.4) is 0 Å². The highest BCUT2D eigenvalue weighted by Crippen LogP contribution is 2.40. The van der Waals surface area contributed by atoms with Crippen LogP contribution in [0, 0.1) is 5.82 Å². The average molecular weight is 331 g/mol. The molecule has 1 aliphatic heterocycles. The molecule has 0 spiro atoms. The lowest BCUT2D eigenvalue weighted by Gasteiger charge is -2.24. The molecule has 0 aromatic heterocycles. The fraction of sp³-hybridized carbons (Fsp3) is 0.278. The highest BCUT2D eigenvalue weighted by Gasteiger charge is 2.32. The van der Waals surface area contributed by atoms with Crippen LogP contribution < -0.4 is 4.74 Å². The Morgan fingerprint density at radius 3 is 2.87 bits per heavy atom. The summed E-state index contributed by atoms with van der Waals surface area (Å²) in [7, 11) is 0. The van der Waals surface area contributed by atoms with Crippen molar-refractivity contribution in [1.82, 2.24) is 4.90 Å². The molecule has 2 aromatic carbocycles. The Kier molecular flexibility index (Phi) is 4.86. The van der Waals surface area contributed by atoms with E-state index in [-0.39, 0.29) is 17.1 Å². The third-order valence-electron chi connectivity index (χ3n) is 3.66. The Balaban J connectivity index is 1.83. The first-order valence-corrected chi connectivity index (χ1v) is 8.60. The summed E-state index contributed by atoms with van der Waals surface area (Å²) in [6.45, 7) is 2.96. The van der Waals surface area contributed by atoms with Crippen LogP contribution in [0.4, 0.5) is 4.39 Å². The number of hydrogen-bond donors (Lipinski definition) is 0. The molecule has 0 saturated carbocycles. The Hall–Kier alpha value is -2.01. The molecule has 1 unspecified atom stereocenters. The van der Waals surface area contributed by atoms with Gasteiger partial charge in [-0.1, -0.05) is 24.3 Å². The second-order valence-corrected chi connectivity index (χ2v) is 6.39. The van der Waals surface area contributed by atoms with Gasteiger partial charge in [0.2, 0.25) is 5.91 Å². The van der Waals surface area contributed by atoms with Crippen molar-refractivity contribution in [2.24, 2.45) is 0 Å². The minimum Gasteiger partial charge on any atom is -0.494 e. The SMILES string of the molecule is CCOc1cccc(C2SCC(=O)N2Cc2cccc(F)c2)c1. The highest BCUT2D eigenvalue weighted by atomic mass is 32.2. The van der Waals surface area contributed by atoms with E-state index in [4.69, 9.17) is 4.74 Å². The van der Waals surface area contributed by atoms with Crippen molar-refractivity contribution in [3.8, 4) is 5.75 Å². The van der Waals surface area contributed by atoms with E-state index < -0.39 is 0 Å². The minimum absolute atomic E-state index is 0.0637. The molecule has 0 radical (unpaired) electrons. The summed E-state index contributed by atoms with van der Waals surface area (Å²) in [4.78, 5) is 14.0. The van der Waals surface area contributed by atoms with Crippen LogP contribution >= 0.6 is 11.8 Å². The molecule has 0 bridgehead atoms. The van der Waals surface area contributed by atoms with Gasteiger partial charge in [-0.25, -0.2) is 4.39 Å². The van der Waals surface area contributed by atoms with Crippen molar-refractivity contribution in [3.63, 3.8) is 0 Å². The summed E-state index contributed by atoms with van der Waals surface area (Å²) in [5.41, 5.74) is 1.83. The van der Waals surface area contributed by atoms with E-state index in [9.17, 15) is 9.18 Å². The maximum Gasteiger partial charge on any atom is 0.234 e. The Labute approximate surface area is 139 Å². The van der Waals surface area contributed by atoms with E-state index in [1.807, 2.05) is 37.3 Å². The van der Waals surface area contributed by atoms with Gasteiger partial charge in [0.15, 0.2) is 0 Å². The fourth-order valence-electron chi connectivity index (χ4n) is 2.66. The molecule has 1 amide bonds. The number of amides is 1. The second kappa shape index (κ2) is 7.04. The van der Waals surface area contributed by atoms with Gasteiger partial charge >= 0.3 is 0 Å². The average Bonchev–Trinajstić information content (AvgIpc) is 2.89. The predicted octanol–water partition coefficient (Wildman–Crippen LogP) is 4.00. The monoisotopic (exact) mass is 331 g/mol. The zero-order valence-electron chi connectivity index (χ0n) is 12.9. The second-order valence-electron chi connectivity index (χ2n) is 5.32. The quantitative estimate of drug-likeness (QED) is 0.829. The molecule has 1 saturated heterocycles. The van der Waals surface area contributed by atoms with Crippen LogP contribution in [0.15, 0.2) is 48.5 Å². The van der Waals surface area contributed by atoms with Crippen molar-refractivity contribution in [2.75, 3.05) is 12.4 Å². The molecule has 0 aliphatic carbocycles. The topological polar surface area (TPSA) is 29.5 Å². The molecule has 1 aliphatic rings. The molecule has 1 atom stereocenters. The van der Waals surface area contributed by atoms with E-state index >= 15 is 0 Å². The molecule has 0 N–H and O–H groups in total. The molecule has 5 heteroatoms. The molecule has 3 rings (SSSR count). The lowest BCUT2D eigenvalue weighted by molar-refractivity contribution is -0.128. The normalized spacial score (nSPS) is 17.6. The van der Waals surface area contributed by atoms with Crippen LogP contribution in [-0.4, -0.2) is 23.2 Å². The predicted molar refractivity (Wildman–Crippen MR) is 89.8 cm³/mol. The van der Waals surface area contributed by atoms with Gasteiger partial charge in [-0.15, -0.1) is 11.8 Å². The van der Waals surface area contributed by atoms with Gasteiger partial charge in [-0.2, -0.15) is 0 Å². The summed E-state index contributed by atoms with van der Waals surface area (Å²) in [6, 6.07) is 14.2. The molecular weight excluding hydrogens is 313 g/mol. The summed E-state index contributed by atoms with van der Waals surface area (Å²) >= 11 is 1.59. The van der Waals surface area contributed by atoms with Gasteiger partial charge in [0, 0.05) is 6.54 Å². The van der Waals surface area contributed by atoms with Crippen molar-refractivity contribution in [3.05, 3.63) is 65.5 Å². The van der Waals surface area contributed by atoms with Crippen molar-refractivity contribution < 1.29 is 13.9 Å². The van der Waals surface area contributed by atoms with Crippen LogP contribution in [0.5, 0.6) is 5.75 Å². The molecule has 1 heterocycles. The van der Waals surface area contributed by atoms with E-state index in [1.165, 1.54) is 12.1 Å². The number of halogens is 1. The summed E-state index contributed by atoms with van der Waals surface area (Å²) in [5, 5.41) is -0.0637. The van der Waals surface area contributed by atoms with Crippen LogP contribution in [0.25, 0.3) is 0 Å². The summed E-state index contributed by atoms with van der Waals surface area (Å²) in [6.07, 6.45) is 0. The van der Waals surface area contributed by atoms with E-state index in [0.717, 1.165) is 16.9 Å². The van der Waals surface area contributed by atoms with Crippen molar-refractivity contribution in [2.45, 2.75) is 18.8 Å². The van der Waals surface area contributed by atoms with Crippen LogP contribution in [0.1, 0.15) is 23.4 Å². The minimum atomic E-state index is -0.281. The zero-order valence-corrected chi connectivity index (χ0v) is 13.7. The largest absolute Gasteiger partial charge is 0.494 e. The zero-order chi connectivity index (χ0) is 16.2. The first kappa shape index (κ1) is 15.9. The Morgan fingerprint density at radius 2 is 2.09 bits per heavy atom. The third kappa shape index (κ3) is 3.67. The number of rotatable bonds is 5. The van der Waals surface area contributed by atoms with Crippen LogP contribution in [-0.2, 0) is 11.3 Å². The van der Waals surface area contributed by atoms with Gasteiger partial charge in [-0.05, 0) is 42.3 Å². The van der Waals surface area contributed by atoms with Gasteiger partial charge in [0.05, 0.1) is 12.4 Å². The number of thioether (sulfide) groups is 1. The van der Waals surface area contributed by atoms with Gasteiger partial charge in [-0.3, -0.25) is 4.79 Å². The third-order valence-corrected chi connectivity index (χ3v) is 4.92. The molecule has 120 valence electrons. The lowest BCUT2D eigenvalue weighted by Crippen LogP contribution is -2.27. The van der Waals surface area contributed by atoms with Crippen molar-refractivity contribution in [1.29, 1.82) is 0 Å². The maximum atomic E-state index is 13.4. The molecule has 23 heavy (non-hydrogen) atoms. The van der Waals surface area contributed by atoms with Crippen LogP contribution in [0.2, 0.25) is 0 Å². The molecule has 2 aromatic rings. The van der Waals surface area contributed by atoms with E-state index in [1.54, 1.807) is 22.7 Å². The van der Waals surface area contributed by atoms with Gasteiger partial charge in [0.1, 0.15) is 16.9 Å². The number of carbonyl (C=O) groups excluding carboxylic acids is 1. The molecular formula is C18H18FNO2S. The molecule has 3 nitrogen and oxygen atoms in total.